The molecule has 0 bridgehead atoms. The minimum atomic E-state index is -5.22. The molecule has 0 saturated heterocycles. The van der Waals surface area contributed by atoms with Crippen LogP contribution in [0.15, 0.2) is 75.9 Å². The molecule has 0 aliphatic heterocycles. The van der Waals surface area contributed by atoms with Crippen LogP contribution in [-0.2, 0) is 101 Å². The highest BCUT2D eigenvalue weighted by molar-refractivity contribution is 7.49. The predicted molar refractivity (Wildman–Crippen MR) is 251 cm³/mol. The third-order valence-electron chi connectivity index (χ3n) is 11.2. The van der Waals surface area contributed by atoms with Gasteiger partial charge in [-0.3, -0.25) is 0 Å². The zero-order chi connectivity index (χ0) is 51.2. The van der Waals surface area contributed by atoms with Crippen LogP contribution in [0.1, 0.15) is 83.5 Å². The summed E-state index contributed by atoms with van der Waals surface area (Å²) < 4.78 is 68.6. The van der Waals surface area contributed by atoms with Gasteiger partial charge in [-0.2, -0.15) is 4.57 Å². The van der Waals surface area contributed by atoms with Crippen LogP contribution < -0.4 is 13.6 Å². The summed E-state index contributed by atoms with van der Waals surface area (Å²) in [4.78, 5) is 74.1. The molecule has 362 valence electrons. The smallest absolute Gasteiger partial charge is 0.458 e. The highest BCUT2D eigenvalue weighted by Gasteiger charge is 2.40. The van der Waals surface area contributed by atoms with Crippen molar-refractivity contribution in [2.24, 2.45) is 0 Å². The lowest BCUT2D eigenvalue weighted by atomic mass is 9.93. The van der Waals surface area contributed by atoms with Gasteiger partial charge in [0, 0.05) is 36.5 Å². The standard InChI is InChI=1S/C51H57O16P/c1-16-43(52)59-22-37-28(7)38(23-60-44(53)17-2)32(11)49(31(37)10)65-68(58,66-50-33(12)39(24-61-45(54)18-3)29(8)40(34(50)13)25-62-46(55)19-4)67-51-35(14)41(26-63-47(56)20-5)30(9)42(36(51)15)27-64-48(57)21-6/h16-21H,1-6,22-27H2,7-15H3. The fourth-order valence-electron chi connectivity index (χ4n) is 7.21. The fourth-order valence-corrected chi connectivity index (χ4v) is 8.82. The molecule has 0 N–H and O–H groups in total. The van der Waals surface area contributed by atoms with E-state index in [1.165, 1.54) is 0 Å². The van der Waals surface area contributed by atoms with Gasteiger partial charge in [0.05, 0.1) is 0 Å². The van der Waals surface area contributed by atoms with E-state index in [0.717, 1.165) is 36.5 Å². The molecule has 3 rings (SSSR count). The molecule has 0 radical (unpaired) electrons. The van der Waals surface area contributed by atoms with E-state index in [2.05, 4.69) is 39.5 Å². The largest absolute Gasteiger partial charge is 0.647 e. The van der Waals surface area contributed by atoms with Crippen LogP contribution in [0.3, 0.4) is 0 Å². The van der Waals surface area contributed by atoms with Gasteiger partial charge >= 0.3 is 43.6 Å². The average Bonchev–Trinajstić information content (AvgIpc) is 3.32. The maximum absolute atomic E-state index is 16.2. The highest BCUT2D eigenvalue weighted by Crippen LogP contribution is 2.56. The molecule has 0 aliphatic carbocycles. The molecule has 0 saturated carbocycles. The Labute approximate surface area is 396 Å². The summed E-state index contributed by atoms with van der Waals surface area (Å²) in [5.74, 6) is -4.71. The molecule has 0 heterocycles. The third-order valence-corrected chi connectivity index (χ3v) is 12.5. The maximum atomic E-state index is 16.2. The van der Waals surface area contributed by atoms with E-state index < -0.39 is 43.6 Å². The quantitative estimate of drug-likeness (QED) is 0.0355. The number of benzene rings is 3. The average molecular weight is 957 g/mol. The van der Waals surface area contributed by atoms with Crippen molar-refractivity contribution in [2.45, 2.75) is 102 Å². The fraction of sp³-hybridized carbons (Fsp3) is 0.294. The molecular weight excluding hydrogens is 900 g/mol. The number of carbonyl (C=O) groups excluding carboxylic acids is 6. The number of ether oxygens (including phenoxy) is 6. The number of rotatable bonds is 24. The first-order chi connectivity index (χ1) is 32.0. The summed E-state index contributed by atoms with van der Waals surface area (Å²) in [5.41, 5.74) is 5.88. The lowest BCUT2D eigenvalue weighted by Gasteiger charge is -2.29. The van der Waals surface area contributed by atoms with Crippen LogP contribution in [0.25, 0.3) is 0 Å². The minimum absolute atomic E-state index is 0.0846. The van der Waals surface area contributed by atoms with Gasteiger partial charge in [-0.05, 0) is 146 Å². The van der Waals surface area contributed by atoms with Crippen molar-refractivity contribution in [1.29, 1.82) is 0 Å². The summed E-state index contributed by atoms with van der Waals surface area (Å²) in [6, 6.07) is 0. The Morgan fingerprint density at radius 2 is 0.471 bits per heavy atom. The summed E-state index contributed by atoms with van der Waals surface area (Å²) in [6.07, 6.45) is 5.89. The SMILES string of the molecule is C=CC(=O)OCc1c(C)c(COC(=O)C=C)c(C)c(OP(=O)(Oc2c(C)c(COC(=O)C=C)c(C)c(COC(=O)C=C)c2C)Oc2c(C)c(COC(=O)C=C)c(C)c(COC(=O)C=C)c2C)c1C. The topological polar surface area (TPSA) is 203 Å². The monoisotopic (exact) mass is 956 g/mol. The van der Waals surface area contributed by atoms with Gasteiger partial charge in [-0.15, -0.1) is 0 Å². The summed E-state index contributed by atoms with van der Waals surface area (Å²) in [6.45, 7) is 33.7. The lowest BCUT2D eigenvalue weighted by molar-refractivity contribution is -0.140. The van der Waals surface area contributed by atoms with Gasteiger partial charge in [0.2, 0.25) is 0 Å². The van der Waals surface area contributed by atoms with Gasteiger partial charge in [-0.25, -0.2) is 28.8 Å². The van der Waals surface area contributed by atoms with Crippen LogP contribution in [0, 0.1) is 62.3 Å². The number of carbonyl (C=O) groups is 6. The zero-order valence-corrected chi connectivity index (χ0v) is 40.8. The third kappa shape index (κ3) is 13.1. The summed E-state index contributed by atoms with van der Waals surface area (Å²) in [7, 11) is -5.22. The Bertz CT molecular complexity index is 2210. The van der Waals surface area contributed by atoms with Crippen LogP contribution in [0.4, 0.5) is 0 Å². The number of hydrogen-bond acceptors (Lipinski definition) is 16. The van der Waals surface area contributed by atoms with Crippen LogP contribution >= 0.6 is 7.82 Å². The number of hydrogen-bond donors (Lipinski definition) is 0. The van der Waals surface area contributed by atoms with Crippen molar-refractivity contribution in [2.75, 3.05) is 0 Å². The van der Waals surface area contributed by atoms with E-state index in [-0.39, 0.29) is 56.9 Å². The van der Waals surface area contributed by atoms with Crippen molar-refractivity contribution in [3.63, 3.8) is 0 Å². The first kappa shape index (κ1) is 54.9. The normalized spacial score (nSPS) is 10.7. The molecule has 0 atom stereocenters. The van der Waals surface area contributed by atoms with E-state index >= 15 is 4.57 Å². The lowest BCUT2D eigenvalue weighted by Crippen LogP contribution is -2.17. The van der Waals surface area contributed by atoms with Gasteiger partial charge in [-0.1, -0.05) is 39.5 Å². The Balaban J connectivity index is 2.58. The molecule has 0 amide bonds. The molecule has 3 aromatic rings. The molecule has 0 aliphatic rings. The van der Waals surface area contributed by atoms with E-state index in [4.69, 9.17) is 42.0 Å². The van der Waals surface area contributed by atoms with Crippen molar-refractivity contribution >= 4 is 43.6 Å². The number of esters is 6. The van der Waals surface area contributed by atoms with E-state index in [9.17, 15) is 28.8 Å². The Morgan fingerprint density at radius 3 is 0.603 bits per heavy atom. The van der Waals surface area contributed by atoms with Crippen LogP contribution in [0.2, 0.25) is 0 Å². The molecule has 3 aromatic carbocycles. The van der Waals surface area contributed by atoms with Gasteiger partial charge in [0.25, 0.3) is 0 Å². The zero-order valence-electron chi connectivity index (χ0n) is 39.9. The van der Waals surface area contributed by atoms with E-state index in [0.29, 0.717) is 83.5 Å². The second-order valence-electron chi connectivity index (χ2n) is 15.1. The molecule has 16 nitrogen and oxygen atoms in total. The Morgan fingerprint density at radius 1 is 0.324 bits per heavy atom. The van der Waals surface area contributed by atoms with Crippen molar-refractivity contribution < 1.29 is 75.3 Å². The van der Waals surface area contributed by atoms with Gasteiger partial charge < -0.3 is 42.0 Å². The highest BCUT2D eigenvalue weighted by atomic mass is 31.2. The summed E-state index contributed by atoms with van der Waals surface area (Å²) >= 11 is 0. The predicted octanol–water partition coefficient (Wildman–Crippen LogP) is 9.48. The Kier molecular flexibility index (Phi) is 19.7. The molecule has 0 aromatic heterocycles. The van der Waals surface area contributed by atoms with Crippen LogP contribution in [-0.4, -0.2) is 35.8 Å². The van der Waals surface area contributed by atoms with Crippen molar-refractivity contribution in [3.8, 4) is 17.2 Å². The van der Waals surface area contributed by atoms with Gasteiger partial charge in [0.15, 0.2) is 0 Å². The number of phosphoric ester groups is 1. The molecule has 17 heteroatoms. The Hall–Kier alpha value is -7.45. The molecule has 68 heavy (non-hydrogen) atoms. The summed E-state index contributed by atoms with van der Waals surface area (Å²) in [5, 5.41) is 0. The van der Waals surface area contributed by atoms with Crippen molar-refractivity contribution in [1.82, 2.24) is 0 Å². The molecule has 0 spiro atoms. The second-order valence-corrected chi connectivity index (χ2v) is 16.5. The first-order valence-corrected chi connectivity index (χ1v) is 22.3. The second kappa shape index (κ2) is 24.4. The molecular formula is C51H57O16P. The van der Waals surface area contributed by atoms with E-state index in [1.54, 1.807) is 62.3 Å². The van der Waals surface area contributed by atoms with Crippen molar-refractivity contribution in [3.05, 3.63) is 159 Å². The van der Waals surface area contributed by atoms with Crippen LogP contribution in [0.5, 0.6) is 17.2 Å². The molecule has 0 fully saturated rings. The van der Waals surface area contributed by atoms with Gasteiger partial charge in [0.1, 0.15) is 56.9 Å². The first-order valence-electron chi connectivity index (χ1n) is 20.8. The minimum Gasteiger partial charge on any atom is -0.458 e. The number of phosphoric acid groups is 1. The van der Waals surface area contributed by atoms with E-state index in [1.807, 2.05) is 0 Å². The maximum Gasteiger partial charge on any atom is 0.647 e. The molecule has 0 unspecified atom stereocenters.